The minimum Gasteiger partial charge on any atom is -0.466 e. The molecule has 0 aliphatic rings. The lowest BCUT2D eigenvalue weighted by Crippen LogP contribution is -2.15. The fourth-order valence-corrected chi connectivity index (χ4v) is 1.58. The molecule has 2 N–H and O–H groups in total. The number of rotatable bonds is 4. The molecule has 8 heteroatoms. The Kier molecular flexibility index (Phi) is 5.02. The summed E-state index contributed by atoms with van der Waals surface area (Å²) in [6.07, 6.45) is -0.0763. The third kappa shape index (κ3) is 3.39. The minimum atomic E-state index is -0.691. The molecule has 0 aliphatic carbocycles. The molecular weight excluding hydrogens is 306 g/mol. The van der Waals surface area contributed by atoms with E-state index in [2.05, 4.69) is 30.6 Å². The van der Waals surface area contributed by atoms with E-state index in [1.54, 1.807) is 6.92 Å². The van der Waals surface area contributed by atoms with Gasteiger partial charge in [-0.2, -0.15) is 0 Å². The Bertz CT molecular complexity index is 478. The van der Waals surface area contributed by atoms with Gasteiger partial charge in [0, 0.05) is 0 Å². The van der Waals surface area contributed by atoms with E-state index in [9.17, 15) is 9.59 Å². The van der Waals surface area contributed by atoms with Gasteiger partial charge in [0.15, 0.2) is 11.5 Å². The Morgan fingerprint density at radius 2 is 2.06 bits per heavy atom. The van der Waals surface area contributed by atoms with Crippen LogP contribution in [-0.4, -0.2) is 35.6 Å². The lowest BCUT2D eigenvalue weighted by Gasteiger charge is -2.07. The van der Waals surface area contributed by atoms with Crippen LogP contribution in [0.1, 0.15) is 23.1 Å². The lowest BCUT2D eigenvalue weighted by molar-refractivity contribution is -0.142. The molecule has 0 saturated carbocycles. The van der Waals surface area contributed by atoms with E-state index in [0.29, 0.717) is 5.69 Å². The molecule has 0 radical (unpaired) electrons. The van der Waals surface area contributed by atoms with Gasteiger partial charge in [-0.05, 0) is 22.9 Å². The smallest absolute Gasteiger partial charge is 0.360 e. The summed E-state index contributed by atoms with van der Waals surface area (Å²) in [7, 11) is 1.21. The van der Waals surface area contributed by atoms with Crippen LogP contribution in [0.5, 0.6) is 0 Å². The van der Waals surface area contributed by atoms with Crippen molar-refractivity contribution in [2.75, 3.05) is 19.5 Å². The van der Waals surface area contributed by atoms with Crippen LogP contribution in [0.4, 0.5) is 5.82 Å². The first-order valence-corrected chi connectivity index (χ1v) is 5.84. The van der Waals surface area contributed by atoms with Crippen molar-refractivity contribution in [2.24, 2.45) is 0 Å². The van der Waals surface area contributed by atoms with Gasteiger partial charge >= 0.3 is 11.9 Å². The number of halogens is 1. The molecule has 0 aromatic carbocycles. The van der Waals surface area contributed by atoms with Gasteiger partial charge in [-0.3, -0.25) is 4.79 Å². The van der Waals surface area contributed by atoms with Gasteiger partial charge in [-0.25, -0.2) is 14.8 Å². The topological polar surface area (TPSA) is 104 Å². The monoisotopic (exact) mass is 317 g/mol. The molecule has 0 fully saturated rings. The second kappa shape index (κ2) is 6.29. The van der Waals surface area contributed by atoms with Gasteiger partial charge < -0.3 is 15.2 Å². The number of hydrogen-bond donors (Lipinski definition) is 1. The molecule has 1 heterocycles. The third-order valence-corrected chi connectivity index (χ3v) is 2.58. The van der Waals surface area contributed by atoms with Crippen LogP contribution in [0.15, 0.2) is 4.60 Å². The number of hydrogen-bond acceptors (Lipinski definition) is 7. The molecule has 0 spiro atoms. The quantitative estimate of drug-likeness (QED) is 0.815. The zero-order valence-electron chi connectivity index (χ0n) is 9.90. The van der Waals surface area contributed by atoms with Crippen LogP contribution in [0.2, 0.25) is 0 Å². The number of nitrogen functional groups attached to an aromatic ring is 1. The molecule has 0 bridgehead atoms. The van der Waals surface area contributed by atoms with E-state index < -0.39 is 11.9 Å². The van der Waals surface area contributed by atoms with Crippen molar-refractivity contribution in [1.82, 2.24) is 9.97 Å². The van der Waals surface area contributed by atoms with Crippen LogP contribution in [0.3, 0.4) is 0 Å². The van der Waals surface area contributed by atoms with Crippen molar-refractivity contribution in [3.63, 3.8) is 0 Å². The number of methoxy groups -OCH3 is 1. The summed E-state index contributed by atoms with van der Waals surface area (Å²) in [5.41, 5.74) is 5.77. The van der Waals surface area contributed by atoms with Crippen LogP contribution < -0.4 is 5.73 Å². The maximum absolute atomic E-state index is 11.3. The summed E-state index contributed by atoms with van der Waals surface area (Å²) < 4.78 is 9.53. The Balaban J connectivity index is 3.00. The highest BCUT2D eigenvalue weighted by Crippen LogP contribution is 2.18. The number of carbonyl (C=O) groups excluding carboxylic acids is 2. The first kappa shape index (κ1) is 14.4. The molecule has 0 unspecified atom stereocenters. The average Bonchev–Trinajstić information content (AvgIpc) is 2.32. The van der Waals surface area contributed by atoms with Gasteiger partial charge in [-0.15, -0.1) is 0 Å². The van der Waals surface area contributed by atoms with Crippen molar-refractivity contribution >= 4 is 33.7 Å². The summed E-state index contributed by atoms with van der Waals surface area (Å²) in [6, 6.07) is 0. The normalized spacial score (nSPS) is 9.94. The van der Waals surface area contributed by atoms with E-state index in [1.807, 2.05) is 0 Å². The van der Waals surface area contributed by atoms with Gasteiger partial charge in [0.25, 0.3) is 0 Å². The van der Waals surface area contributed by atoms with Crippen molar-refractivity contribution in [3.05, 3.63) is 16.0 Å². The fraction of sp³-hybridized carbons (Fsp3) is 0.400. The van der Waals surface area contributed by atoms with E-state index in [1.165, 1.54) is 7.11 Å². The molecule has 0 aliphatic heterocycles. The van der Waals surface area contributed by atoms with Crippen LogP contribution in [0.25, 0.3) is 0 Å². The lowest BCUT2D eigenvalue weighted by atomic mass is 10.3. The summed E-state index contributed by atoms with van der Waals surface area (Å²) in [6.45, 7) is 1.98. The molecule has 1 aromatic heterocycles. The van der Waals surface area contributed by atoms with Crippen LogP contribution in [-0.2, 0) is 20.7 Å². The summed E-state index contributed by atoms with van der Waals surface area (Å²) in [5.74, 6) is -1.23. The number of nitrogens with zero attached hydrogens (tertiary/aromatic N) is 2. The van der Waals surface area contributed by atoms with Crippen molar-refractivity contribution < 1.29 is 19.1 Å². The second-order valence-corrected chi connectivity index (χ2v) is 3.92. The van der Waals surface area contributed by atoms with Crippen LogP contribution >= 0.6 is 15.9 Å². The Labute approximate surface area is 112 Å². The molecule has 18 heavy (non-hydrogen) atoms. The molecule has 7 nitrogen and oxygen atoms in total. The Morgan fingerprint density at radius 1 is 1.39 bits per heavy atom. The minimum absolute atomic E-state index is 0.0763. The third-order valence-electron chi connectivity index (χ3n) is 1.94. The predicted octanol–water partition coefficient (Wildman–Crippen LogP) is 0.713. The highest BCUT2D eigenvalue weighted by molar-refractivity contribution is 9.10. The van der Waals surface area contributed by atoms with Crippen molar-refractivity contribution in [2.45, 2.75) is 13.3 Å². The zero-order chi connectivity index (χ0) is 13.7. The average molecular weight is 318 g/mol. The highest BCUT2D eigenvalue weighted by atomic mass is 79.9. The summed E-state index contributed by atoms with van der Waals surface area (Å²) >= 11 is 3.11. The van der Waals surface area contributed by atoms with Crippen molar-refractivity contribution in [1.29, 1.82) is 0 Å². The molecule has 1 aromatic rings. The number of nitrogens with two attached hydrogens (primary N) is 1. The number of aromatic nitrogens is 2. The second-order valence-electron chi connectivity index (χ2n) is 3.17. The summed E-state index contributed by atoms with van der Waals surface area (Å²) in [4.78, 5) is 30.4. The highest BCUT2D eigenvalue weighted by Gasteiger charge is 2.18. The predicted molar refractivity (Wildman–Crippen MR) is 65.8 cm³/mol. The van der Waals surface area contributed by atoms with Gasteiger partial charge in [0.05, 0.1) is 25.8 Å². The van der Waals surface area contributed by atoms with E-state index >= 15 is 0 Å². The standard InChI is InChI=1S/C10H12BrN3O4/c1-3-18-6(15)4-5-8(11)14-7(9(12)13-5)10(16)17-2/h3-4H2,1-2H3,(H2,12,13). The number of carbonyl (C=O) groups is 2. The molecule has 0 atom stereocenters. The fourth-order valence-electron chi connectivity index (χ4n) is 1.17. The van der Waals surface area contributed by atoms with Crippen LogP contribution in [0, 0.1) is 0 Å². The number of ether oxygens (including phenoxy) is 2. The molecular formula is C10H12BrN3O4. The van der Waals surface area contributed by atoms with Gasteiger partial charge in [0.1, 0.15) is 4.60 Å². The van der Waals surface area contributed by atoms with Gasteiger partial charge in [0.2, 0.25) is 0 Å². The molecule has 0 saturated heterocycles. The number of anilines is 1. The number of esters is 2. The SMILES string of the molecule is CCOC(=O)Cc1nc(N)c(C(=O)OC)nc1Br. The maximum Gasteiger partial charge on any atom is 0.360 e. The van der Waals surface area contributed by atoms with Crippen molar-refractivity contribution in [3.8, 4) is 0 Å². The first-order chi connectivity index (χ1) is 8.49. The summed E-state index contributed by atoms with van der Waals surface area (Å²) in [5, 5.41) is 0. The largest absolute Gasteiger partial charge is 0.466 e. The Morgan fingerprint density at radius 3 is 2.61 bits per heavy atom. The molecule has 1 rings (SSSR count). The zero-order valence-corrected chi connectivity index (χ0v) is 11.5. The first-order valence-electron chi connectivity index (χ1n) is 5.05. The van der Waals surface area contributed by atoms with Gasteiger partial charge in [-0.1, -0.05) is 0 Å². The molecule has 0 amide bonds. The van der Waals surface area contributed by atoms with E-state index in [0.717, 1.165) is 0 Å². The van der Waals surface area contributed by atoms with E-state index in [4.69, 9.17) is 10.5 Å². The molecule has 98 valence electrons. The Hall–Kier alpha value is -1.70. The maximum atomic E-state index is 11.3. The van der Waals surface area contributed by atoms with E-state index in [-0.39, 0.29) is 29.1 Å².